The lowest BCUT2D eigenvalue weighted by atomic mass is 10.2. The molecule has 0 aliphatic rings. The summed E-state index contributed by atoms with van der Waals surface area (Å²) >= 11 is 0. The fraction of sp³-hybridized carbons (Fsp3) is 0.238. The van der Waals surface area contributed by atoms with E-state index in [9.17, 15) is 4.39 Å². The zero-order valence-electron chi connectivity index (χ0n) is 17.0. The Kier molecular flexibility index (Phi) is 4.73. The third-order valence-electron chi connectivity index (χ3n) is 4.86. The molecule has 0 saturated heterocycles. The molecule has 0 amide bonds. The molecule has 0 bridgehead atoms. The van der Waals surface area contributed by atoms with Crippen molar-refractivity contribution in [3.8, 4) is 23.0 Å². The number of rotatable bonds is 6. The first-order chi connectivity index (χ1) is 15.1. The molecule has 0 N–H and O–H groups in total. The van der Waals surface area contributed by atoms with Gasteiger partial charge in [0.15, 0.2) is 11.5 Å². The van der Waals surface area contributed by atoms with E-state index < -0.39 is 5.95 Å². The van der Waals surface area contributed by atoms with E-state index in [1.807, 2.05) is 16.8 Å². The fourth-order valence-corrected chi connectivity index (χ4v) is 3.52. The first-order valence-corrected chi connectivity index (χ1v) is 9.92. The van der Waals surface area contributed by atoms with Gasteiger partial charge in [-0.3, -0.25) is 0 Å². The number of nitrogens with zero attached hydrogens (tertiary/aromatic N) is 8. The van der Waals surface area contributed by atoms with Gasteiger partial charge in [0.1, 0.15) is 17.0 Å². The summed E-state index contributed by atoms with van der Waals surface area (Å²) < 4.78 is 23.1. The lowest BCUT2D eigenvalue weighted by molar-refractivity contribution is 0.532. The van der Waals surface area contributed by atoms with Gasteiger partial charge in [-0.05, 0) is 24.6 Å². The fourth-order valence-electron chi connectivity index (χ4n) is 3.52. The van der Waals surface area contributed by atoms with Crippen LogP contribution >= 0.6 is 0 Å². The van der Waals surface area contributed by atoms with Gasteiger partial charge in [0.2, 0.25) is 17.7 Å². The molecule has 0 aromatic carbocycles. The number of aryl methyl sites for hydroxylation is 2. The van der Waals surface area contributed by atoms with E-state index in [1.54, 1.807) is 31.5 Å². The zero-order valence-corrected chi connectivity index (χ0v) is 17.0. The minimum atomic E-state index is -0.543. The molecule has 5 rings (SSSR count). The standard InChI is InChI=1S/C21H19FN8O/c1-3-8-30-18(12-29-9-7-23-19(29)15-5-4-6-17(22)25-15)26-16-10-14(11-24-20(16)30)21-28-27-13(2)31-21/h4-7,9-11H,3,8,12H2,1-2H3. The van der Waals surface area contributed by atoms with Crippen LogP contribution in [-0.4, -0.2) is 39.3 Å². The number of pyridine rings is 2. The van der Waals surface area contributed by atoms with Crippen LogP contribution in [0.1, 0.15) is 25.1 Å². The number of fused-ring (bicyclic) bond motifs is 1. The summed E-state index contributed by atoms with van der Waals surface area (Å²) in [4.78, 5) is 17.7. The summed E-state index contributed by atoms with van der Waals surface area (Å²) in [6.45, 7) is 5.05. The molecule has 0 aliphatic heterocycles. The second-order valence-corrected chi connectivity index (χ2v) is 7.10. The number of halogens is 1. The van der Waals surface area contributed by atoms with Crippen LogP contribution in [0.15, 0.2) is 47.3 Å². The predicted molar refractivity (Wildman–Crippen MR) is 110 cm³/mol. The minimum Gasteiger partial charge on any atom is -0.421 e. The van der Waals surface area contributed by atoms with Crippen molar-refractivity contribution in [2.75, 3.05) is 0 Å². The van der Waals surface area contributed by atoms with Gasteiger partial charge in [0, 0.05) is 32.1 Å². The number of hydrogen-bond donors (Lipinski definition) is 0. The van der Waals surface area contributed by atoms with Crippen molar-refractivity contribution in [2.45, 2.75) is 33.4 Å². The van der Waals surface area contributed by atoms with Crippen LogP contribution in [-0.2, 0) is 13.1 Å². The minimum absolute atomic E-state index is 0.410. The van der Waals surface area contributed by atoms with Crippen LogP contribution < -0.4 is 0 Å². The Morgan fingerprint density at radius 1 is 1.13 bits per heavy atom. The molecule has 0 spiro atoms. The first kappa shape index (κ1) is 19.0. The molecule has 5 aromatic rings. The maximum Gasteiger partial charge on any atom is 0.249 e. The average molecular weight is 418 g/mol. The predicted octanol–water partition coefficient (Wildman–Crippen LogP) is 3.65. The van der Waals surface area contributed by atoms with Gasteiger partial charge in [-0.15, -0.1) is 10.2 Å². The van der Waals surface area contributed by atoms with Gasteiger partial charge in [0.05, 0.1) is 12.1 Å². The molecule has 9 nitrogen and oxygen atoms in total. The Labute approximate surface area is 176 Å². The number of aromatic nitrogens is 8. The topological polar surface area (TPSA) is 100 Å². The smallest absolute Gasteiger partial charge is 0.249 e. The van der Waals surface area contributed by atoms with Crippen LogP contribution in [0.5, 0.6) is 0 Å². The van der Waals surface area contributed by atoms with E-state index in [0.717, 1.165) is 30.0 Å². The molecule has 31 heavy (non-hydrogen) atoms. The summed E-state index contributed by atoms with van der Waals surface area (Å²) in [6.07, 6.45) is 6.14. The van der Waals surface area contributed by atoms with Crippen LogP contribution in [0.3, 0.4) is 0 Å². The van der Waals surface area contributed by atoms with Crippen molar-refractivity contribution in [1.29, 1.82) is 0 Å². The Bertz CT molecular complexity index is 1370. The van der Waals surface area contributed by atoms with Gasteiger partial charge in [-0.1, -0.05) is 13.0 Å². The van der Waals surface area contributed by atoms with Crippen LogP contribution in [0.2, 0.25) is 0 Å². The van der Waals surface area contributed by atoms with E-state index in [4.69, 9.17) is 9.40 Å². The van der Waals surface area contributed by atoms with E-state index >= 15 is 0 Å². The monoisotopic (exact) mass is 418 g/mol. The molecule has 0 saturated carbocycles. The van der Waals surface area contributed by atoms with Gasteiger partial charge >= 0.3 is 0 Å². The molecular weight excluding hydrogens is 399 g/mol. The van der Waals surface area contributed by atoms with Crippen molar-refractivity contribution < 1.29 is 8.81 Å². The molecule has 0 unspecified atom stereocenters. The second kappa shape index (κ2) is 7.71. The Balaban J connectivity index is 1.55. The summed E-state index contributed by atoms with van der Waals surface area (Å²) in [5.74, 6) is 1.75. The lowest BCUT2D eigenvalue weighted by Crippen LogP contribution is -2.10. The summed E-state index contributed by atoms with van der Waals surface area (Å²) in [7, 11) is 0. The summed E-state index contributed by atoms with van der Waals surface area (Å²) in [5.41, 5.74) is 2.70. The maximum atomic E-state index is 13.6. The maximum absolute atomic E-state index is 13.6. The largest absolute Gasteiger partial charge is 0.421 e. The third kappa shape index (κ3) is 3.56. The highest BCUT2D eigenvalue weighted by Crippen LogP contribution is 2.24. The van der Waals surface area contributed by atoms with Crippen molar-refractivity contribution in [3.05, 3.63) is 60.5 Å². The van der Waals surface area contributed by atoms with Crippen LogP contribution in [0.25, 0.3) is 34.1 Å². The highest BCUT2D eigenvalue weighted by molar-refractivity contribution is 5.76. The SMILES string of the molecule is CCCn1c(Cn2ccnc2-c2cccc(F)n2)nc2cc(-c3nnc(C)o3)cnc21. The summed E-state index contributed by atoms with van der Waals surface area (Å²) in [5, 5.41) is 7.94. The highest BCUT2D eigenvalue weighted by Gasteiger charge is 2.17. The molecule has 156 valence electrons. The lowest BCUT2D eigenvalue weighted by Gasteiger charge is -2.10. The molecule has 0 atom stereocenters. The van der Waals surface area contributed by atoms with Crippen molar-refractivity contribution in [2.24, 2.45) is 0 Å². The molecule has 0 aliphatic carbocycles. The molecule has 5 aromatic heterocycles. The third-order valence-corrected chi connectivity index (χ3v) is 4.86. The quantitative estimate of drug-likeness (QED) is 0.388. The van der Waals surface area contributed by atoms with Gasteiger partial charge in [-0.2, -0.15) is 4.39 Å². The van der Waals surface area contributed by atoms with E-state index in [0.29, 0.717) is 35.4 Å². The van der Waals surface area contributed by atoms with Crippen molar-refractivity contribution >= 4 is 11.2 Å². The van der Waals surface area contributed by atoms with Gasteiger partial charge in [0.25, 0.3) is 0 Å². The van der Waals surface area contributed by atoms with Crippen molar-refractivity contribution in [3.63, 3.8) is 0 Å². The van der Waals surface area contributed by atoms with E-state index in [1.165, 1.54) is 6.07 Å². The number of hydrogen-bond acceptors (Lipinski definition) is 7. The highest BCUT2D eigenvalue weighted by atomic mass is 19.1. The molecule has 10 heteroatoms. The normalized spacial score (nSPS) is 11.5. The van der Waals surface area contributed by atoms with Crippen LogP contribution in [0, 0.1) is 12.9 Å². The zero-order chi connectivity index (χ0) is 21.4. The Hall–Kier alpha value is -3.95. The molecule has 0 radical (unpaired) electrons. The van der Waals surface area contributed by atoms with Crippen molar-refractivity contribution in [1.82, 2.24) is 39.3 Å². The van der Waals surface area contributed by atoms with E-state index in [2.05, 4.69) is 36.6 Å². The molecular formula is C21H19FN8O. The van der Waals surface area contributed by atoms with Crippen LogP contribution in [0.4, 0.5) is 4.39 Å². The first-order valence-electron chi connectivity index (χ1n) is 9.92. The van der Waals surface area contributed by atoms with Gasteiger partial charge in [-0.25, -0.2) is 19.9 Å². The molecule has 0 fully saturated rings. The van der Waals surface area contributed by atoms with Gasteiger partial charge < -0.3 is 13.6 Å². The number of imidazole rings is 2. The van der Waals surface area contributed by atoms with E-state index in [-0.39, 0.29) is 0 Å². The molecule has 5 heterocycles. The Morgan fingerprint density at radius 3 is 2.81 bits per heavy atom. The average Bonchev–Trinajstić information content (AvgIpc) is 3.48. The summed E-state index contributed by atoms with van der Waals surface area (Å²) in [6, 6.07) is 6.56. The second-order valence-electron chi connectivity index (χ2n) is 7.10. The Morgan fingerprint density at radius 2 is 2.03 bits per heavy atom.